The van der Waals surface area contributed by atoms with E-state index in [0.717, 1.165) is 5.56 Å². The number of amides is 2. The van der Waals surface area contributed by atoms with Crippen molar-refractivity contribution in [2.45, 2.75) is 6.92 Å². The summed E-state index contributed by atoms with van der Waals surface area (Å²) in [5.74, 6) is -1.68. The molecule has 1 saturated heterocycles. The minimum atomic E-state index is -0.705. The lowest BCUT2D eigenvalue weighted by Crippen LogP contribution is -2.50. The standard InChI is InChI=1S/C27H26FN3O4/c1-19-7-6-8-20(17-19)26(33)29-23-11-4-2-9-21(23)27(34)35-18-25(32)31-15-13-30(14-16-31)24-12-5-3-10-22(24)28/h2-12,17H,13-16,18H2,1H3,(H,29,33). The lowest BCUT2D eigenvalue weighted by Gasteiger charge is -2.36. The van der Waals surface area contributed by atoms with Gasteiger partial charge in [-0.2, -0.15) is 0 Å². The normalized spacial score (nSPS) is 13.3. The number of benzene rings is 3. The zero-order valence-electron chi connectivity index (χ0n) is 19.4. The van der Waals surface area contributed by atoms with Gasteiger partial charge in [0, 0.05) is 31.7 Å². The lowest BCUT2D eigenvalue weighted by molar-refractivity contribution is -0.134. The fraction of sp³-hybridized carbons (Fsp3) is 0.222. The minimum absolute atomic E-state index is 0.158. The number of anilines is 2. The Morgan fingerprint density at radius 2 is 1.63 bits per heavy atom. The molecule has 35 heavy (non-hydrogen) atoms. The van der Waals surface area contributed by atoms with Gasteiger partial charge in [-0.25, -0.2) is 9.18 Å². The fourth-order valence-electron chi connectivity index (χ4n) is 3.95. The van der Waals surface area contributed by atoms with Crippen molar-refractivity contribution >= 4 is 29.2 Å². The molecule has 1 heterocycles. The number of piperazine rings is 1. The number of rotatable bonds is 6. The second-order valence-corrected chi connectivity index (χ2v) is 8.26. The van der Waals surface area contributed by atoms with Gasteiger partial charge in [-0.05, 0) is 43.3 Å². The third-order valence-electron chi connectivity index (χ3n) is 5.83. The highest BCUT2D eigenvalue weighted by atomic mass is 19.1. The third-order valence-corrected chi connectivity index (χ3v) is 5.83. The van der Waals surface area contributed by atoms with Gasteiger partial charge in [0.1, 0.15) is 5.82 Å². The summed E-state index contributed by atoms with van der Waals surface area (Å²) in [7, 11) is 0. The number of carbonyl (C=O) groups is 3. The molecule has 1 aliphatic rings. The number of ether oxygens (including phenoxy) is 1. The Hall–Kier alpha value is -4.20. The maximum Gasteiger partial charge on any atom is 0.340 e. The molecule has 0 bridgehead atoms. The van der Waals surface area contributed by atoms with Crippen LogP contribution in [0.15, 0.2) is 72.8 Å². The Bertz CT molecular complexity index is 1240. The van der Waals surface area contributed by atoms with Crippen molar-refractivity contribution in [2.24, 2.45) is 0 Å². The predicted molar refractivity (Wildman–Crippen MR) is 131 cm³/mol. The van der Waals surface area contributed by atoms with Crippen LogP contribution >= 0.6 is 0 Å². The van der Waals surface area contributed by atoms with Gasteiger partial charge in [0.05, 0.1) is 16.9 Å². The first-order valence-corrected chi connectivity index (χ1v) is 11.3. The van der Waals surface area contributed by atoms with Crippen LogP contribution < -0.4 is 10.2 Å². The highest BCUT2D eigenvalue weighted by molar-refractivity contribution is 6.08. The Kier molecular flexibility index (Phi) is 7.40. The number of aryl methyl sites for hydroxylation is 1. The molecule has 2 amide bonds. The molecule has 180 valence electrons. The van der Waals surface area contributed by atoms with Gasteiger partial charge in [-0.3, -0.25) is 9.59 Å². The van der Waals surface area contributed by atoms with E-state index in [4.69, 9.17) is 4.74 Å². The maximum atomic E-state index is 14.0. The van der Waals surface area contributed by atoms with E-state index in [0.29, 0.717) is 43.1 Å². The molecule has 1 aliphatic heterocycles. The molecule has 3 aromatic carbocycles. The van der Waals surface area contributed by atoms with Crippen molar-refractivity contribution in [3.63, 3.8) is 0 Å². The maximum absolute atomic E-state index is 14.0. The Balaban J connectivity index is 1.32. The summed E-state index contributed by atoms with van der Waals surface area (Å²) in [6.45, 7) is 3.22. The molecular weight excluding hydrogens is 449 g/mol. The summed E-state index contributed by atoms with van der Waals surface area (Å²) in [4.78, 5) is 41.4. The fourth-order valence-corrected chi connectivity index (χ4v) is 3.95. The summed E-state index contributed by atoms with van der Waals surface area (Å²) in [6.07, 6.45) is 0. The number of carbonyl (C=O) groups excluding carboxylic acids is 3. The van der Waals surface area contributed by atoms with Crippen LogP contribution in [0.25, 0.3) is 0 Å². The van der Waals surface area contributed by atoms with Crippen molar-refractivity contribution in [1.29, 1.82) is 0 Å². The van der Waals surface area contributed by atoms with Crippen molar-refractivity contribution < 1.29 is 23.5 Å². The Labute approximate surface area is 203 Å². The summed E-state index contributed by atoms with van der Waals surface area (Å²) >= 11 is 0. The zero-order chi connectivity index (χ0) is 24.8. The molecule has 0 saturated carbocycles. The number of para-hydroxylation sites is 2. The zero-order valence-corrected chi connectivity index (χ0v) is 19.4. The summed E-state index contributed by atoms with van der Waals surface area (Å²) in [6, 6.07) is 20.1. The average Bonchev–Trinajstić information content (AvgIpc) is 2.88. The third kappa shape index (κ3) is 5.84. The summed E-state index contributed by atoms with van der Waals surface area (Å²) in [5.41, 5.74) is 2.38. The van der Waals surface area contributed by atoms with Gasteiger partial charge in [-0.15, -0.1) is 0 Å². The van der Waals surface area contributed by atoms with Gasteiger partial charge in [0.15, 0.2) is 6.61 Å². The molecule has 0 aromatic heterocycles. The molecule has 3 aromatic rings. The van der Waals surface area contributed by atoms with Gasteiger partial charge < -0.3 is 19.9 Å². The van der Waals surface area contributed by atoms with Crippen LogP contribution in [0.5, 0.6) is 0 Å². The second-order valence-electron chi connectivity index (χ2n) is 8.26. The van der Waals surface area contributed by atoms with Crippen LogP contribution in [0, 0.1) is 12.7 Å². The van der Waals surface area contributed by atoms with Crippen molar-refractivity contribution in [1.82, 2.24) is 4.90 Å². The SMILES string of the molecule is Cc1cccc(C(=O)Nc2ccccc2C(=O)OCC(=O)N2CCN(c3ccccc3F)CC2)c1. The van der Waals surface area contributed by atoms with Crippen LogP contribution in [0.2, 0.25) is 0 Å². The number of hydrogen-bond donors (Lipinski definition) is 1. The van der Waals surface area contributed by atoms with E-state index in [-0.39, 0.29) is 23.2 Å². The molecule has 1 N–H and O–H groups in total. The smallest absolute Gasteiger partial charge is 0.340 e. The van der Waals surface area contributed by atoms with E-state index in [1.54, 1.807) is 59.5 Å². The number of halogens is 1. The van der Waals surface area contributed by atoms with Crippen LogP contribution in [0.4, 0.5) is 15.8 Å². The highest BCUT2D eigenvalue weighted by Crippen LogP contribution is 2.21. The summed E-state index contributed by atoms with van der Waals surface area (Å²) < 4.78 is 19.3. The molecule has 1 fully saturated rings. The number of nitrogens with one attached hydrogen (secondary N) is 1. The van der Waals surface area contributed by atoms with Gasteiger partial charge >= 0.3 is 5.97 Å². The number of nitrogens with zero attached hydrogens (tertiary/aromatic N) is 2. The minimum Gasteiger partial charge on any atom is -0.452 e. The number of hydrogen-bond acceptors (Lipinski definition) is 5. The molecular formula is C27H26FN3O4. The van der Waals surface area contributed by atoms with Crippen LogP contribution in [0.3, 0.4) is 0 Å². The Morgan fingerprint density at radius 3 is 2.37 bits per heavy atom. The molecule has 0 aliphatic carbocycles. The molecule has 4 rings (SSSR count). The predicted octanol–water partition coefficient (Wildman–Crippen LogP) is 3.89. The first-order chi connectivity index (χ1) is 16.9. The van der Waals surface area contributed by atoms with Crippen LogP contribution in [0.1, 0.15) is 26.3 Å². The molecule has 7 nitrogen and oxygen atoms in total. The average molecular weight is 476 g/mol. The van der Waals surface area contributed by atoms with E-state index < -0.39 is 12.6 Å². The van der Waals surface area contributed by atoms with E-state index >= 15 is 0 Å². The van der Waals surface area contributed by atoms with Gasteiger partial charge in [-0.1, -0.05) is 42.0 Å². The second kappa shape index (κ2) is 10.8. The monoisotopic (exact) mass is 475 g/mol. The van der Waals surface area contributed by atoms with Crippen molar-refractivity contribution in [2.75, 3.05) is 43.0 Å². The van der Waals surface area contributed by atoms with Gasteiger partial charge in [0.2, 0.25) is 0 Å². The largest absolute Gasteiger partial charge is 0.452 e. The van der Waals surface area contributed by atoms with E-state index in [2.05, 4.69) is 5.32 Å². The lowest BCUT2D eigenvalue weighted by atomic mass is 10.1. The van der Waals surface area contributed by atoms with Gasteiger partial charge in [0.25, 0.3) is 11.8 Å². The first kappa shape index (κ1) is 23.9. The molecule has 0 atom stereocenters. The van der Waals surface area contributed by atoms with E-state index in [1.165, 1.54) is 12.1 Å². The van der Waals surface area contributed by atoms with Crippen LogP contribution in [-0.2, 0) is 9.53 Å². The quantitative estimate of drug-likeness (QED) is 0.548. The molecule has 0 spiro atoms. The Morgan fingerprint density at radius 1 is 0.914 bits per heavy atom. The first-order valence-electron chi connectivity index (χ1n) is 11.3. The molecule has 0 unspecified atom stereocenters. The molecule has 8 heteroatoms. The van der Waals surface area contributed by atoms with Crippen molar-refractivity contribution in [3.8, 4) is 0 Å². The number of esters is 1. The summed E-state index contributed by atoms with van der Waals surface area (Å²) in [5, 5.41) is 2.74. The highest BCUT2D eigenvalue weighted by Gasteiger charge is 2.24. The van der Waals surface area contributed by atoms with E-state index in [1.807, 2.05) is 17.9 Å². The topological polar surface area (TPSA) is 78.9 Å². The van der Waals surface area contributed by atoms with Crippen molar-refractivity contribution in [3.05, 3.63) is 95.3 Å². The van der Waals surface area contributed by atoms with Crippen LogP contribution in [-0.4, -0.2) is 55.5 Å². The van der Waals surface area contributed by atoms with E-state index in [9.17, 15) is 18.8 Å². The molecule has 0 radical (unpaired) electrons.